The van der Waals surface area contributed by atoms with E-state index in [1.807, 2.05) is 0 Å². The number of aliphatic imine (C=N–C) groups is 2. The predicted octanol–water partition coefficient (Wildman–Crippen LogP) is 3.64. The molecule has 9 heteroatoms. The Labute approximate surface area is 152 Å². The Morgan fingerprint density at radius 3 is 2.77 bits per heavy atom. The summed E-state index contributed by atoms with van der Waals surface area (Å²) in [6, 6.07) is 10.9. The van der Waals surface area contributed by atoms with Gasteiger partial charge < -0.3 is 15.0 Å². The highest BCUT2D eigenvalue weighted by Gasteiger charge is 2.27. The lowest BCUT2D eigenvalue weighted by molar-refractivity contribution is -0.348. The molecule has 0 bridgehead atoms. The molecule has 26 heavy (non-hydrogen) atoms. The molecule has 0 saturated carbocycles. The second-order valence-electron chi connectivity index (χ2n) is 5.22. The van der Waals surface area contributed by atoms with Crippen LogP contribution in [-0.2, 0) is 4.84 Å². The van der Waals surface area contributed by atoms with Crippen LogP contribution in [-0.4, -0.2) is 35.8 Å². The zero-order valence-electron chi connectivity index (χ0n) is 13.5. The van der Waals surface area contributed by atoms with Gasteiger partial charge in [0.15, 0.2) is 10.9 Å². The van der Waals surface area contributed by atoms with Crippen LogP contribution in [0.5, 0.6) is 0 Å². The van der Waals surface area contributed by atoms with Crippen molar-refractivity contribution in [2.24, 2.45) is 15.1 Å². The Bertz CT molecular complexity index is 972. The molecular weight excluding hydrogens is 363 g/mol. The van der Waals surface area contributed by atoms with Gasteiger partial charge in [-0.2, -0.15) is 0 Å². The number of amidine groups is 1. The molecular formula is C17H12ClFN4O3. The van der Waals surface area contributed by atoms with Crippen molar-refractivity contribution in [1.82, 2.24) is 0 Å². The average molecular weight is 375 g/mol. The second-order valence-corrected chi connectivity index (χ2v) is 5.66. The van der Waals surface area contributed by atoms with Crippen LogP contribution < -0.4 is 0 Å². The molecule has 0 amide bonds. The first-order valence-electron chi connectivity index (χ1n) is 7.44. The van der Waals surface area contributed by atoms with Gasteiger partial charge in [0.05, 0.1) is 17.9 Å². The molecule has 0 N–H and O–H groups in total. The van der Waals surface area contributed by atoms with Crippen molar-refractivity contribution in [3.63, 3.8) is 0 Å². The van der Waals surface area contributed by atoms with Gasteiger partial charge in [0.2, 0.25) is 0 Å². The Balaban J connectivity index is 2.21. The van der Waals surface area contributed by atoms with Gasteiger partial charge in [-0.25, -0.2) is 9.38 Å². The molecule has 0 fully saturated rings. The van der Waals surface area contributed by atoms with Crippen molar-refractivity contribution < 1.29 is 14.2 Å². The normalized spacial score (nSPS) is 14.0. The molecule has 7 nitrogen and oxygen atoms in total. The van der Waals surface area contributed by atoms with Gasteiger partial charge in [-0.1, -0.05) is 23.7 Å². The van der Waals surface area contributed by atoms with Crippen molar-refractivity contribution in [2.45, 2.75) is 0 Å². The van der Waals surface area contributed by atoms with Crippen molar-refractivity contribution in [3.8, 4) is 0 Å². The van der Waals surface area contributed by atoms with Crippen LogP contribution in [0.1, 0.15) is 11.1 Å². The molecule has 0 atom stereocenters. The molecule has 0 saturated heterocycles. The summed E-state index contributed by atoms with van der Waals surface area (Å²) < 4.78 is 14.3. The smallest absolute Gasteiger partial charge is 0.358 e. The van der Waals surface area contributed by atoms with Gasteiger partial charge in [-0.15, -0.1) is 0 Å². The second kappa shape index (κ2) is 7.40. The molecule has 0 aliphatic carbocycles. The minimum Gasteiger partial charge on any atom is -0.358 e. The van der Waals surface area contributed by atoms with E-state index in [2.05, 4.69) is 20.0 Å². The summed E-state index contributed by atoms with van der Waals surface area (Å²) in [7, 11) is 1.20. The van der Waals surface area contributed by atoms with Crippen LogP contribution in [0.3, 0.4) is 0 Å². The Kier molecular flexibility index (Phi) is 5.04. The summed E-state index contributed by atoms with van der Waals surface area (Å²) in [6.45, 7) is -0.168. The highest BCUT2D eigenvalue weighted by atomic mass is 35.5. The molecule has 0 spiro atoms. The number of nitrogens with zero attached hydrogens (tertiary/aromatic N) is 4. The standard InChI is InChI=1S/C17H12ClFN4O3/c1-26-22-17(23(24)25)15-9-20-16(11-4-2-3-5-13(11)19)12-8-10(18)6-7-14(12)21-15/h2-8H,9H2,1H3. The predicted molar refractivity (Wildman–Crippen MR) is 96.9 cm³/mol. The molecule has 0 radical (unpaired) electrons. The van der Waals surface area contributed by atoms with Gasteiger partial charge in [0, 0.05) is 16.1 Å². The van der Waals surface area contributed by atoms with E-state index in [0.717, 1.165) is 0 Å². The number of rotatable bonds is 3. The third-order valence-electron chi connectivity index (χ3n) is 3.59. The lowest BCUT2D eigenvalue weighted by Crippen LogP contribution is -2.26. The molecule has 0 unspecified atom stereocenters. The summed E-state index contributed by atoms with van der Waals surface area (Å²) in [4.78, 5) is 23.7. The molecule has 0 aromatic heterocycles. The lowest BCUT2D eigenvalue weighted by atomic mass is 10.0. The number of benzene rings is 2. The van der Waals surface area contributed by atoms with Crippen molar-refractivity contribution in [1.29, 1.82) is 0 Å². The highest BCUT2D eigenvalue weighted by molar-refractivity contribution is 6.40. The van der Waals surface area contributed by atoms with Crippen LogP contribution in [0.15, 0.2) is 57.6 Å². The van der Waals surface area contributed by atoms with Crippen LogP contribution in [0.25, 0.3) is 0 Å². The van der Waals surface area contributed by atoms with E-state index in [1.54, 1.807) is 36.4 Å². The minimum atomic E-state index is -0.707. The summed E-state index contributed by atoms with van der Waals surface area (Å²) in [5.41, 5.74) is 1.39. The van der Waals surface area contributed by atoms with E-state index in [-0.39, 0.29) is 17.8 Å². The van der Waals surface area contributed by atoms with Gasteiger partial charge in [0.25, 0.3) is 0 Å². The van der Waals surface area contributed by atoms with Crippen LogP contribution in [0, 0.1) is 15.9 Å². The zero-order chi connectivity index (χ0) is 18.7. The third-order valence-corrected chi connectivity index (χ3v) is 3.83. The zero-order valence-corrected chi connectivity index (χ0v) is 14.3. The van der Waals surface area contributed by atoms with E-state index >= 15 is 0 Å². The Hall–Kier alpha value is -3.13. The Morgan fingerprint density at radius 1 is 1.31 bits per heavy atom. The molecule has 3 rings (SSSR count). The van der Waals surface area contributed by atoms with Crippen molar-refractivity contribution in [3.05, 3.63) is 74.5 Å². The summed E-state index contributed by atoms with van der Waals surface area (Å²) in [5, 5.41) is 15.1. The lowest BCUT2D eigenvalue weighted by Gasteiger charge is -2.09. The first-order valence-corrected chi connectivity index (χ1v) is 7.82. The van der Waals surface area contributed by atoms with Crippen LogP contribution >= 0.6 is 11.6 Å². The number of nitro groups is 1. The molecule has 132 valence electrons. The Morgan fingerprint density at radius 2 is 2.08 bits per heavy atom. The molecule has 2 aromatic carbocycles. The van der Waals surface area contributed by atoms with Gasteiger partial charge in [0.1, 0.15) is 12.9 Å². The average Bonchev–Trinajstić information content (AvgIpc) is 2.79. The monoisotopic (exact) mass is 374 g/mol. The number of oxime groups is 1. The van der Waals surface area contributed by atoms with E-state index in [4.69, 9.17) is 11.6 Å². The van der Waals surface area contributed by atoms with Crippen molar-refractivity contribution in [2.75, 3.05) is 13.7 Å². The summed E-state index contributed by atoms with van der Waals surface area (Å²) >= 11 is 6.07. The van der Waals surface area contributed by atoms with E-state index < -0.39 is 16.6 Å². The van der Waals surface area contributed by atoms with Gasteiger partial charge in [-0.05, 0) is 35.3 Å². The summed E-state index contributed by atoms with van der Waals surface area (Å²) in [5.74, 6) is -1.03. The topological polar surface area (TPSA) is 89.5 Å². The summed E-state index contributed by atoms with van der Waals surface area (Å²) in [6.07, 6.45) is 0. The molecule has 1 aliphatic rings. The highest BCUT2D eigenvalue weighted by Crippen LogP contribution is 2.29. The number of hydrogen-bond acceptors (Lipinski definition) is 6. The maximum atomic E-state index is 14.3. The number of hydrogen-bond donors (Lipinski definition) is 0. The minimum absolute atomic E-state index is 0.00763. The van der Waals surface area contributed by atoms with E-state index in [9.17, 15) is 14.5 Å². The fourth-order valence-corrected chi connectivity index (χ4v) is 2.67. The maximum absolute atomic E-state index is 14.3. The quantitative estimate of drug-likeness (QED) is 0.355. The third kappa shape index (κ3) is 3.45. The van der Waals surface area contributed by atoms with Gasteiger partial charge >= 0.3 is 5.84 Å². The SMILES string of the molecule is CON=C(C1=Nc2ccc(Cl)cc2C(c2ccccc2F)=NC1)[N+](=O)[O-]. The fraction of sp³-hybridized carbons (Fsp3) is 0.118. The van der Waals surface area contributed by atoms with Crippen molar-refractivity contribution >= 4 is 34.5 Å². The van der Waals surface area contributed by atoms with Crippen LogP contribution in [0.4, 0.5) is 10.1 Å². The number of fused-ring (bicyclic) bond motifs is 1. The molecule has 1 heterocycles. The molecule has 2 aromatic rings. The van der Waals surface area contributed by atoms with E-state index in [0.29, 0.717) is 22.0 Å². The first-order chi connectivity index (χ1) is 12.5. The first kappa shape index (κ1) is 17.7. The van der Waals surface area contributed by atoms with E-state index in [1.165, 1.54) is 13.2 Å². The molecule has 1 aliphatic heterocycles. The fourth-order valence-electron chi connectivity index (χ4n) is 2.50. The maximum Gasteiger partial charge on any atom is 0.433 e. The van der Waals surface area contributed by atoms with Crippen LogP contribution in [0.2, 0.25) is 5.02 Å². The number of halogens is 2. The van der Waals surface area contributed by atoms with Gasteiger partial charge in [-0.3, -0.25) is 4.99 Å². The largest absolute Gasteiger partial charge is 0.433 e.